The van der Waals surface area contributed by atoms with Gasteiger partial charge in [-0.15, -0.1) is 0 Å². The number of likely N-dealkylation sites (N-methyl/N-ethyl adjacent to an activating group) is 1. The van der Waals surface area contributed by atoms with E-state index in [0.717, 1.165) is 32.8 Å². The zero-order valence-electron chi connectivity index (χ0n) is 8.71. The van der Waals surface area contributed by atoms with Crippen LogP contribution in [-0.4, -0.2) is 38.5 Å². The van der Waals surface area contributed by atoms with Crippen molar-refractivity contribution in [3.05, 3.63) is 0 Å². The van der Waals surface area contributed by atoms with E-state index < -0.39 is 0 Å². The fourth-order valence-electron chi connectivity index (χ4n) is 1.56. The van der Waals surface area contributed by atoms with Crippen molar-refractivity contribution in [2.24, 2.45) is 0 Å². The van der Waals surface area contributed by atoms with Crippen LogP contribution < -0.4 is 5.32 Å². The van der Waals surface area contributed by atoms with E-state index in [4.69, 9.17) is 9.47 Å². The molecule has 0 spiro atoms. The van der Waals surface area contributed by atoms with Gasteiger partial charge in [-0.2, -0.15) is 0 Å². The predicted octanol–water partition coefficient (Wildman–Crippen LogP) is 1.18. The molecule has 2 unspecified atom stereocenters. The topological polar surface area (TPSA) is 30.5 Å². The molecule has 1 rings (SSSR count). The maximum atomic E-state index is 5.54. The molecule has 0 aromatic carbocycles. The Bertz CT molecular complexity index is 124. The highest BCUT2D eigenvalue weighted by Gasteiger charge is 2.15. The van der Waals surface area contributed by atoms with Gasteiger partial charge in [0.05, 0.1) is 19.3 Å². The first-order valence-corrected chi connectivity index (χ1v) is 5.25. The minimum atomic E-state index is 0.355. The average Bonchev–Trinajstić information content (AvgIpc) is 2.57. The maximum Gasteiger partial charge on any atom is 0.0809 e. The van der Waals surface area contributed by atoms with Gasteiger partial charge in [-0.25, -0.2) is 0 Å². The van der Waals surface area contributed by atoms with Crippen molar-refractivity contribution in [3.8, 4) is 0 Å². The van der Waals surface area contributed by atoms with Crippen molar-refractivity contribution < 1.29 is 9.47 Å². The van der Waals surface area contributed by atoms with Gasteiger partial charge in [0.2, 0.25) is 0 Å². The van der Waals surface area contributed by atoms with E-state index in [9.17, 15) is 0 Å². The highest BCUT2D eigenvalue weighted by Crippen LogP contribution is 2.11. The van der Waals surface area contributed by atoms with Crippen LogP contribution in [0.15, 0.2) is 0 Å². The number of hydrogen-bond acceptors (Lipinski definition) is 3. The van der Waals surface area contributed by atoms with Gasteiger partial charge in [0.15, 0.2) is 0 Å². The molecule has 0 aromatic rings. The van der Waals surface area contributed by atoms with Crippen LogP contribution >= 0.6 is 0 Å². The largest absolute Gasteiger partial charge is 0.377 e. The van der Waals surface area contributed by atoms with Crippen LogP contribution in [-0.2, 0) is 9.47 Å². The molecule has 13 heavy (non-hydrogen) atoms. The highest BCUT2D eigenvalue weighted by molar-refractivity contribution is 4.64. The summed E-state index contributed by atoms with van der Waals surface area (Å²) in [6.07, 6.45) is 2.71. The summed E-state index contributed by atoms with van der Waals surface area (Å²) >= 11 is 0. The number of hydrogen-bond donors (Lipinski definition) is 1. The Morgan fingerprint density at radius 3 is 3.08 bits per heavy atom. The summed E-state index contributed by atoms with van der Waals surface area (Å²) < 4.78 is 11.0. The molecule has 0 aliphatic carbocycles. The third-order valence-electron chi connectivity index (χ3n) is 2.25. The Morgan fingerprint density at radius 1 is 1.62 bits per heavy atom. The Labute approximate surface area is 80.8 Å². The van der Waals surface area contributed by atoms with E-state index in [1.54, 1.807) is 0 Å². The number of nitrogens with one attached hydrogen (secondary N) is 1. The summed E-state index contributed by atoms with van der Waals surface area (Å²) in [6, 6.07) is 0.450. The van der Waals surface area contributed by atoms with E-state index in [-0.39, 0.29) is 0 Å². The van der Waals surface area contributed by atoms with Crippen LogP contribution in [0.25, 0.3) is 0 Å². The van der Waals surface area contributed by atoms with Crippen LogP contribution in [0.2, 0.25) is 0 Å². The Kier molecular flexibility index (Phi) is 5.35. The molecular formula is C10H21NO2. The molecule has 2 atom stereocenters. The highest BCUT2D eigenvalue weighted by atomic mass is 16.5. The molecule has 1 fully saturated rings. The van der Waals surface area contributed by atoms with Gasteiger partial charge in [-0.05, 0) is 26.3 Å². The Balaban J connectivity index is 1.93. The van der Waals surface area contributed by atoms with Gasteiger partial charge in [0, 0.05) is 12.6 Å². The Hall–Kier alpha value is -0.120. The zero-order valence-corrected chi connectivity index (χ0v) is 8.71. The monoisotopic (exact) mass is 187 g/mol. The average molecular weight is 187 g/mol. The summed E-state index contributed by atoms with van der Waals surface area (Å²) in [4.78, 5) is 0. The lowest BCUT2D eigenvalue weighted by Gasteiger charge is -2.14. The minimum absolute atomic E-state index is 0.355. The molecule has 0 aromatic heterocycles. The third kappa shape index (κ3) is 4.60. The van der Waals surface area contributed by atoms with E-state index >= 15 is 0 Å². The van der Waals surface area contributed by atoms with E-state index in [0.29, 0.717) is 12.1 Å². The fraction of sp³-hybridized carbons (Fsp3) is 1.00. The first-order valence-electron chi connectivity index (χ1n) is 5.25. The van der Waals surface area contributed by atoms with Crippen LogP contribution in [0, 0.1) is 0 Å². The smallest absolute Gasteiger partial charge is 0.0809 e. The summed E-state index contributed by atoms with van der Waals surface area (Å²) in [5, 5.41) is 3.31. The van der Waals surface area contributed by atoms with Crippen LogP contribution in [0.3, 0.4) is 0 Å². The standard InChI is InChI=1S/C10H21NO2/c1-3-11-9(2)7-12-8-10-5-4-6-13-10/h9-11H,3-8H2,1-2H3. The van der Waals surface area contributed by atoms with E-state index in [1.807, 2.05) is 0 Å². The second kappa shape index (κ2) is 6.35. The maximum absolute atomic E-state index is 5.54. The minimum Gasteiger partial charge on any atom is -0.377 e. The quantitative estimate of drug-likeness (QED) is 0.677. The van der Waals surface area contributed by atoms with Gasteiger partial charge in [-0.3, -0.25) is 0 Å². The first-order chi connectivity index (χ1) is 6.33. The third-order valence-corrected chi connectivity index (χ3v) is 2.25. The molecule has 0 radical (unpaired) electrons. The molecule has 1 N–H and O–H groups in total. The lowest BCUT2D eigenvalue weighted by Crippen LogP contribution is -2.31. The lowest BCUT2D eigenvalue weighted by atomic mass is 10.2. The first kappa shape index (κ1) is 11.0. The van der Waals surface area contributed by atoms with Gasteiger partial charge in [-0.1, -0.05) is 6.92 Å². The summed E-state index contributed by atoms with van der Waals surface area (Å²) in [5.41, 5.74) is 0. The molecule has 78 valence electrons. The lowest BCUT2D eigenvalue weighted by molar-refractivity contribution is 0.0117. The van der Waals surface area contributed by atoms with Crippen molar-refractivity contribution in [1.82, 2.24) is 5.32 Å². The SMILES string of the molecule is CCNC(C)COCC1CCCO1. The van der Waals surface area contributed by atoms with Crippen LogP contribution in [0.4, 0.5) is 0 Å². The molecule has 1 heterocycles. The molecule has 0 amide bonds. The number of rotatable bonds is 6. The molecule has 3 heteroatoms. The van der Waals surface area contributed by atoms with Crippen molar-refractivity contribution in [1.29, 1.82) is 0 Å². The summed E-state index contributed by atoms with van der Waals surface area (Å²) in [5.74, 6) is 0. The van der Waals surface area contributed by atoms with Crippen LogP contribution in [0.5, 0.6) is 0 Å². The molecule has 0 saturated carbocycles. The molecular weight excluding hydrogens is 166 g/mol. The summed E-state index contributed by atoms with van der Waals surface area (Å²) in [6.45, 7) is 7.71. The van der Waals surface area contributed by atoms with E-state index in [1.165, 1.54) is 6.42 Å². The van der Waals surface area contributed by atoms with Gasteiger partial charge >= 0.3 is 0 Å². The zero-order chi connectivity index (χ0) is 9.52. The molecule has 0 bridgehead atoms. The summed E-state index contributed by atoms with van der Waals surface area (Å²) in [7, 11) is 0. The van der Waals surface area contributed by atoms with E-state index in [2.05, 4.69) is 19.2 Å². The van der Waals surface area contributed by atoms with Crippen molar-refractivity contribution in [3.63, 3.8) is 0 Å². The molecule has 1 aliphatic heterocycles. The fourth-order valence-corrected chi connectivity index (χ4v) is 1.56. The molecule has 1 aliphatic rings. The van der Waals surface area contributed by atoms with Gasteiger partial charge in [0.1, 0.15) is 0 Å². The van der Waals surface area contributed by atoms with Crippen molar-refractivity contribution in [2.45, 2.75) is 38.8 Å². The van der Waals surface area contributed by atoms with Crippen LogP contribution in [0.1, 0.15) is 26.7 Å². The second-order valence-electron chi connectivity index (χ2n) is 3.63. The molecule has 3 nitrogen and oxygen atoms in total. The predicted molar refractivity (Wildman–Crippen MR) is 52.9 cm³/mol. The Morgan fingerprint density at radius 2 is 2.46 bits per heavy atom. The number of ether oxygens (including phenoxy) is 2. The van der Waals surface area contributed by atoms with Gasteiger partial charge in [0.25, 0.3) is 0 Å². The molecule has 1 saturated heterocycles. The van der Waals surface area contributed by atoms with Crippen molar-refractivity contribution >= 4 is 0 Å². The normalized spacial score (nSPS) is 24.9. The van der Waals surface area contributed by atoms with Gasteiger partial charge < -0.3 is 14.8 Å². The van der Waals surface area contributed by atoms with Crippen molar-refractivity contribution in [2.75, 3.05) is 26.4 Å². The second-order valence-corrected chi connectivity index (χ2v) is 3.63.